The molecule has 0 spiro atoms. The van der Waals surface area contributed by atoms with Crippen molar-refractivity contribution in [3.05, 3.63) is 47.1 Å². The summed E-state index contributed by atoms with van der Waals surface area (Å²) in [5.41, 5.74) is 8.91. The van der Waals surface area contributed by atoms with Crippen LogP contribution < -0.4 is 5.73 Å². The number of hydrogen-bond donors (Lipinski definition) is 1. The van der Waals surface area contributed by atoms with E-state index < -0.39 is 0 Å². The van der Waals surface area contributed by atoms with Gasteiger partial charge in [0.05, 0.1) is 0 Å². The maximum absolute atomic E-state index is 6.06. The van der Waals surface area contributed by atoms with Crippen LogP contribution in [0.1, 0.15) is 60.4 Å². The molecular weight excluding hydrogens is 262 g/mol. The van der Waals surface area contributed by atoms with Gasteiger partial charge < -0.3 is 10.3 Å². The number of rotatable bonds is 2. The Balaban J connectivity index is 1.51. The maximum Gasteiger partial charge on any atom is 0.229 e. The molecular formula is C17H21N3O. The molecule has 0 bridgehead atoms. The third-order valence-electron chi connectivity index (χ3n) is 4.94. The average molecular weight is 283 g/mol. The number of hydrogen-bond acceptors (Lipinski definition) is 4. The Morgan fingerprint density at radius 1 is 1.05 bits per heavy atom. The molecule has 21 heavy (non-hydrogen) atoms. The zero-order valence-corrected chi connectivity index (χ0v) is 12.2. The normalized spacial score (nSPS) is 26.0. The highest BCUT2D eigenvalue weighted by atomic mass is 16.5. The Morgan fingerprint density at radius 2 is 1.81 bits per heavy atom. The van der Waals surface area contributed by atoms with Crippen LogP contribution in [-0.4, -0.2) is 16.2 Å². The van der Waals surface area contributed by atoms with Crippen LogP contribution in [0.4, 0.5) is 0 Å². The van der Waals surface area contributed by atoms with Crippen molar-refractivity contribution >= 4 is 0 Å². The van der Waals surface area contributed by atoms with Gasteiger partial charge in [0.15, 0.2) is 5.82 Å². The summed E-state index contributed by atoms with van der Waals surface area (Å²) in [6.45, 7) is 0. The molecule has 4 rings (SSSR count). The Bertz CT molecular complexity index is 611. The van der Waals surface area contributed by atoms with Crippen LogP contribution in [0.15, 0.2) is 28.8 Å². The summed E-state index contributed by atoms with van der Waals surface area (Å²) in [5.74, 6) is 2.41. The highest BCUT2D eigenvalue weighted by Crippen LogP contribution is 2.35. The largest absolute Gasteiger partial charge is 0.339 e. The summed E-state index contributed by atoms with van der Waals surface area (Å²) >= 11 is 0. The first-order chi connectivity index (χ1) is 10.3. The molecule has 1 heterocycles. The van der Waals surface area contributed by atoms with Crippen molar-refractivity contribution in [2.75, 3.05) is 0 Å². The third-order valence-corrected chi connectivity index (χ3v) is 4.94. The molecule has 1 aromatic carbocycles. The van der Waals surface area contributed by atoms with E-state index >= 15 is 0 Å². The standard InChI is InChI=1S/C17H21N3O/c18-15-7-3-6-13(10-15)17-19-16(20-21-17)14-8-11-4-1-2-5-12(11)9-14/h1-2,4-5,13-15H,3,6-10,18H2. The molecule has 4 heteroatoms. The lowest BCUT2D eigenvalue weighted by Gasteiger charge is -2.23. The fourth-order valence-corrected chi connectivity index (χ4v) is 3.77. The van der Waals surface area contributed by atoms with Crippen molar-refractivity contribution in [1.82, 2.24) is 10.1 Å². The fraction of sp³-hybridized carbons (Fsp3) is 0.529. The molecule has 2 aliphatic rings. The van der Waals surface area contributed by atoms with E-state index in [2.05, 4.69) is 29.4 Å². The first-order valence-corrected chi connectivity index (χ1v) is 7.95. The molecule has 4 nitrogen and oxygen atoms in total. The minimum atomic E-state index is 0.287. The first kappa shape index (κ1) is 13.0. The molecule has 0 saturated heterocycles. The van der Waals surface area contributed by atoms with Crippen molar-refractivity contribution in [2.24, 2.45) is 5.73 Å². The van der Waals surface area contributed by atoms with E-state index in [0.717, 1.165) is 43.8 Å². The summed E-state index contributed by atoms with van der Waals surface area (Å²) in [6.07, 6.45) is 6.44. The highest BCUT2D eigenvalue weighted by molar-refractivity contribution is 5.34. The van der Waals surface area contributed by atoms with Crippen LogP contribution >= 0.6 is 0 Å². The Kier molecular flexibility index (Phi) is 3.26. The molecule has 0 radical (unpaired) electrons. The van der Waals surface area contributed by atoms with Crippen molar-refractivity contribution in [2.45, 2.75) is 56.4 Å². The van der Waals surface area contributed by atoms with Crippen molar-refractivity contribution < 1.29 is 4.52 Å². The van der Waals surface area contributed by atoms with Gasteiger partial charge in [-0.3, -0.25) is 0 Å². The van der Waals surface area contributed by atoms with E-state index in [4.69, 9.17) is 15.2 Å². The molecule has 2 unspecified atom stereocenters. The number of benzene rings is 1. The fourth-order valence-electron chi connectivity index (χ4n) is 3.77. The summed E-state index contributed by atoms with van der Waals surface area (Å²) in [4.78, 5) is 4.70. The summed E-state index contributed by atoms with van der Waals surface area (Å²) in [5, 5.41) is 4.25. The van der Waals surface area contributed by atoms with Crippen LogP contribution in [0.2, 0.25) is 0 Å². The zero-order valence-electron chi connectivity index (χ0n) is 12.2. The van der Waals surface area contributed by atoms with Gasteiger partial charge in [-0.05, 0) is 43.2 Å². The summed E-state index contributed by atoms with van der Waals surface area (Å²) < 4.78 is 5.55. The van der Waals surface area contributed by atoms with Gasteiger partial charge in [-0.1, -0.05) is 35.8 Å². The molecule has 0 amide bonds. The van der Waals surface area contributed by atoms with E-state index in [1.165, 1.54) is 17.5 Å². The van der Waals surface area contributed by atoms with Crippen molar-refractivity contribution in [1.29, 1.82) is 0 Å². The summed E-state index contributed by atoms with van der Waals surface area (Å²) in [6, 6.07) is 8.90. The maximum atomic E-state index is 6.06. The van der Waals surface area contributed by atoms with Gasteiger partial charge in [0.1, 0.15) is 0 Å². The van der Waals surface area contributed by atoms with E-state index in [-0.39, 0.29) is 6.04 Å². The van der Waals surface area contributed by atoms with E-state index in [0.29, 0.717) is 11.8 Å². The SMILES string of the molecule is NC1CCCC(c2nc(C3Cc4ccccc4C3)no2)C1. The second kappa shape index (κ2) is 5.26. The van der Waals surface area contributed by atoms with Crippen LogP contribution in [0.3, 0.4) is 0 Å². The second-order valence-corrected chi connectivity index (χ2v) is 6.49. The highest BCUT2D eigenvalue weighted by Gasteiger charge is 2.29. The number of fused-ring (bicyclic) bond motifs is 1. The molecule has 2 aliphatic carbocycles. The smallest absolute Gasteiger partial charge is 0.229 e. The van der Waals surface area contributed by atoms with Gasteiger partial charge in [-0.15, -0.1) is 0 Å². The molecule has 110 valence electrons. The van der Waals surface area contributed by atoms with Crippen molar-refractivity contribution in [3.63, 3.8) is 0 Å². The molecule has 2 aromatic rings. The van der Waals surface area contributed by atoms with Gasteiger partial charge >= 0.3 is 0 Å². The predicted octanol–water partition coefficient (Wildman–Crippen LogP) is 2.94. The molecule has 1 fully saturated rings. The van der Waals surface area contributed by atoms with Crippen LogP contribution in [0.25, 0.3) is 0 Å². The monoisotopic (exact) mass is 283 g/mol. The summed E-state index contributed by atoms with van der Waals surface area (Å²) in [7, 11) is 0. The lowest BCUT2D eigenvalue weighted by atomic mass is 9.86. The van der Waals surface area contributed by atoms with Gasteiger partial charge in [0.25, 0.3) is 0 Å². The Hall–Kier alpha value is -1.68. The Labute approximate surface area is 124 Å². The lowest BCUT2D eigenvalue weighted by molar-refractivity contribution is 0.296. The van der Waals surface area contributed by atoms with E-state index in [9.17, 15) is 0 Å². The van der Waals surface area contributed by atoms with Crippen LogP contribution in [0.5, 0.6) is 0 Å². The first-order valence-electron chi connectivity index (χ1n) is 7.95. The topological polar surface area (TPSA) is 64.9 Å². The zero-order chi connectivity index (χ0) is 14.2. The second-order valence-electron chi connectivity index (χ2n) is 6.49. The quantitative estimate of drug-likeness (QED) is 0.920. The molecule has 1 saturated carbocycles. The van der Waals surface area contributed by atoms with Gasteiger partial charge in [-0.25, -0.2) is 0 Å². The minimum absolute atomic E-state index is 0.287. The molecule has 1 aromatic heterocycles. The number of nitrogens with zero attached hydrogens (tertiary/aromatic N) is 2. The minimum Gasteiger partial charge on any atom is -0.339 e. The van der Waals surface area contributed by atoms with Gasteiger partial charge in [-0.2, -0.15) is 4.98 Å². The Morgan fingerprint density at radius 3 is 2.52 bits per heavy atom. The van der Waals surface area contributed by atoms with Crippen LogP contribution in [-0.2, 0) is 12.8 Å². The number of aromatic nitrogens is 2. The lowest BCUT2D eigenvalue weighted by Crippen LogP contribution is -2.27. The molecule has 2 atom stereocenters. The van der Waals surface area contributed by atoms with Crippen LogP contribution in [0, 0.1) is 0 Å². The molecule has 2 N–H and O–H groups in total. The average Bonchev–Trinajstić information content (AvgIpc) is 3.14. The van der Waals surface area contributed by atoms with E-state index in [1.807, 2.05) is 0 Å². The van der Waals surface area contributed by atoms with Gasteiger partial charge in [0, 0.05) is 17.9 Å². The third kappa shape index (κ3) is 2.48. The van der Waals surface area contributed by atoms with Gasteiger partial charge in [0.2, 0.25) is 5.89 Å². The van der Waals surface area contributed by atoms with E-state index in [1.54, 1.807) is 0 Å². The van der Waals surface area contributed by atoms with Crippen molar-refractivity contribution in [3.8, 4) is 0 Å². The predicted molar refractivity (Wildman–Crippen MR) is 80.1 cm³/mol. The molecule has 0 aliphatic heterocycles. The number of nitrogens with two attached hydrogens (primary N) is 1.